The Morgan fingerprint density at radius 1 is 0.933 bits per heavy atom. The highest BCUT2D eigenvalue weighted by Gasteiger charge is 2.26. The molecule has 1 aromatic rings. The van der Waals surface area contributed by atoms with E-state index in [0.29, 0.717) is 56.1 Å². The summed E-state index contributed by atoms with van der Waals surface area (Å²) in [5, 5.41) is 40.1. The van der Waals surface area contributed by atoms with Crippen LogP contribution in [-0.2, 0) is 27.2 Å². The lowest BCUT2D eigenvalue weighted by molar-refractivity contribution is -0.147. The van der Waals surface area contributed by atoms with Gasteiger partial charge in [0, 0.05) is 11.1 Å². The van der Waals surface area contributed by atoms with Gasteiger partial charge < -0.3 is 25.2 Å². The lowest BCUT2D eigenvalue weighted by Gasteiger charge is -2.22. The van der Waals surface area contributed by atoms with E-state index in [4.69, 9.17) is 9.84 Å². The molecule has 0 aliphatic rings. The first-order valence-electron chi connectivity index (χ1n) is 10.5. The van der Waals surface area contributed by atoms with Crippen LogP contribution in [0.4, 0.5) is 0 Å². The van der Waals surface area contributed by atoms with Crippen molar-refractivity contribution in [1.29, 1.82) is 0 Å². The Balaban J connectivity index is 2.57. The minimum absolute atomic E-state index is 0.0456. The molecule has 7 nitrogen and oxygen atoms in total. The van der Waals surface area contributed by atoms with E-state index >= 15 is 0 Å². The summed E-state index contributed by atoms with van der Waals surface area (Å²) < 4.78 is 5.00. The Morgan fingerprint density at radius 2 is 1.53 bits per heavy atom. The molecular weight excluding hydrogens is 388 g/mol. The molecule has 1 aromatic carbocycles. The summed E-state index contributed by atoms with van der Waals surface area (Å²) in [7, 11) is 0. The molecule has 0 spiro atoms. The number of aryl methyl sites for hydroxylation is 1. The van der Waals surface area contributed by atoms with Crippen molar-refractivity contribution in [1.82, 2.24) is 0 Å². The van der Waals surface area contributed by atoms with Gasteiger partial charge in [-0.25, -0.2) is 0 Å². The summed E-state index contributed by atoms with van der Waals surface area (Å²) in [5.74, 6) is -1.36. The molecule has 30 heavy (non-hydrogen) atoms. The van der Waals surface area contributed by atoms with Crippen molar-refractivity contribution >= 4 is 12.4 Å². The van der Waals surface area contributed by atoms with Gasteiger partial charge in [-0.1, -0.05) is 12.8 Å². The van der Waals surface area contributed by atoms with Gasteiger partial charge in [0.15, 0.2) is 11.5 Å². The molecule has 0 fully saturated rings. The highest BCUT2D eigenvalue weighted by Crippen LogP contribution is 2.40. The molecule has 0 amide bonds. The van der Waals surface area contributed by atoms with E-state index in [9.17, 15) is 24.9 Å². The number of hydrogen-bond donors (Lipinski definition) is 4. The van der Waals surface area contributed by atoms with Gasteiger partial charge in [-0.15, -0.1) is 0 Å². The first-order chi connectivity index (χ1) is 13.9. The number of phenolic OH excluding ortho intramolecular Hbond substituents is 3. The van der Waals surface area contributed by atoms with Crippen molar-refractivity contribution in [3.63, 3.8) is 0 Å². The summed E-state index contributed by atoms with van der Waals surface area (Å²) >= 11 is 0. The van der Waals surface area contributed by atoms with Crippen molar-refractivity contribution in [3.8, 4) is 17.2 Å². The third-order valence-corrected chi connectivity index (χ3v) is 5.58. The van der Waals surface area contributed by atoms with E-state index in [1.165, 1.54) is 6.07 Å². The Hall–Kier alpha value is -2.44. The molecule has 7 heteroatoms. The summed E-state index contributed by atoms with van der Waals surface area (Å²) in [4.78, 5) is 21.6. The van der Waals surface area contributed by atoms with E-state index in [-0.39, 0.29) is 17.2 Å². The minimum Gasteiger partial charge on any atom is -0.508 e. The van der Waals surface area contributed by atoms with Crippen LogP contribution in [-0.4, -0.2) is 38.5 Å². The van der Waals surface area contributed by atoms with Crippen LogP contribution in [0.25, 0.3) is 0 Å². The number of phenols is 3. The van der Waals surface area contributed by atoms with Gasteiger partial charge in [0.25, 0.3) is 6.47 Å². The Morgan fingerprint density at radius 3 is 2.13 bits per heavy atom. The Bertz CT molecular complexity index is 723. The van der Waals surface area contributed by atoms with E-state index in [2.05, 4.69) is 0 Å². The van der Waals surface area contributed by atoms with Gasteiger partial charge in [-0.3, -0.25) is 9.59 Å². The van der Waals surface area contributed by atoms with Crippen LogP contribution < -0.4 is 0 Å². The molecule has 0 aliphatic heterocycles. The second kappa shape index (κ2) is 11.1. The average molecular weight is 425 g/mol. The van der Waals surface area contributed by atoms with Crippen molar-refractivity contribution < 1.29 is 34.8 Å². The number of carboxylic acids is 1. The SMILES string of the molecule is CC(C)(CCCCc1c(O)cc(CCCCCC(C)(C)C(=O)O)c(O)c1O)OC=O. The van der Waals surface area contributed by atoms with Crippen LogP contribution in [0.3, 0.4) is 0 Å². The zero-order valence-electron chi connectivity index (χ0n) is 18.5. The number of rotatable bonds is 14. The smallest absolute Gasteiger partial charge is 0.309 e. The molecule has 0 bridgehead atoms. The fraction of sp³-hybridized carbons (Fsp3) is 0.652. The maximum absolute atomic E-state index is 11.1. The number of aromatic hydroxyl groups is 3. The third-order valence-electron chi connectivity index (χ3n) is 5.58. The van der Waals surface area contributed by atoms with Crippen LogP contribution in [0, 0.1) is 5.41 Å². The molecule has 0 aliphatic carbocycles. The first kappa shape index (κ1) is 25.6. The average Bonchev–Trinajstić information content (AvgIpc) is 2.64. The molecule has 0 heterocycles. The van der Waals surface area contributed by atoms with Gasteiger partial charge in [0.1, 0.15) is 11.4 Å². The Kier molecular flexibility index (Phi) is 9.46. The topological polar surface area (TPSA) is 124 Å². The van der Waals surface area contributed by atoms with Gasteiger partial charge in [-0.2, -0.15) is 0 Å². The van der Waals surface area contributed by atoms with Gasteiger partial charge in [-0.05, 0) is 78.7 Å². The number of ether oxygens (including phenoxy) is 1. The zero-order chi connectivity index (χ0) is 22.9. The molecule has 170 valence electrons. The highest BCUT2D eigenvalue weighted by atomic mass is 16.5. The van der Waals surface area contributed by atoms with Crippen LogP contribution in [0.5, 0.6) is 17.2 Å². The lowest BCUT2D eigenvalue weighted by atomic mass is 9.87. The second-order valence-corrected chi connectivity index (χ2v) is 9.16. The van der Waals surface area contributed by atoms with E-state index in [1.807, 2.05) is 13.8 Å². The van der Waals surface area contributed by atoms with Crippen molar-refractivity contribution in [2.24, 2.45) is 5.41 Å². The quantitative estimate of drug-likeness (QED) is 0.148. The molecular formula is C23H36O7. The normalized spacial score (nSPS) is 12.0. The first-order valence-corrected chi connectivity index (χ1v) is 10.5. The van der Waals surface area contributed by atoms with E-state index in [1.54, 1.807) is 13.8 Å². The van der Waals surface area contributed by atoms with E-state index in [0.717, 1.165) is 19.3 Å². The number of carbonyl (C=O) groups excluding carboxylic acids is 1. The molecule has 0 aromatic heterocycles. The van der Waals surface area contributed by atoms with Crippen molar-refractivity contribution in [3.05, 3.63) is 17.2 Å². The monoisotopic (exact) mass is 424 g/mol. The number of unbranched alkanes of at least 4 members (excludes halogenated alkanes) is 3. The number of carbonyl (C=O) groups is 2. The predicted octanol–water partition coefficient (Wildman–Crippen LogP) is 4.68. The summed E-state index contributed by atoms with van der Waals surface area (Å²) in [6, 6.07) is 1.49. The molecule has 0 radical (unpaired) electrons. The minimum atomic E-state index is -0.814. The zero-order valence-corrected chi connectivity index (χ0v) is 18.5. The van der Waals surface area contributed by atoms with Crippen molar-refractivity contribution in [2.75, 3.05) is 0 Å². The van der Waals surface area contributed by atoms with Gasteiger partial charge in [0.05, 0.1) is 5.41 Å². The van der Waals surface area contributed by atoms with Crippen LogP contribution in [0.2, 0.25) is 0 Å². The van der Waals surface area contributed by atoms with Crippen LogP contribution >= 0.6 is 0 Å². The molecule has 0 saturated heterocycles. The van der Waals surface area contributed by atoms with Crippen LogP contribution in [0.1, 0.15) is 83.8 Å². The molecule has 0 unspecified atom stereocenters. The predicted molar refractivity (Wildman–Crippen MR) is 114 cm³/mol. The van der Waals surface area contributed by atoms with Gasteiger partial charge >= 0.3 is 5.97 Å². The lowest BCUT2D eigenvalue weighted by Crippen LogP contribution is -2.23. The summed E-state index contributed by atoms with van der Waals surface area (Å²) in [6.45, 7) is 7.47. The molecule has 1 rings (SSSR count). The number of aliphatic carboxylic acids is 1. The maximum Gasteiger partial charge on any atom is 0.309 e. The summed E-state index contributed by atoms with van der Waals surface area (Å²) in [6.07, 6.45) is 5.74. The molecule has 4 N–H and O–H groups in total. The molecule has 0 atom stereocenters. The highest BCUT2D eigenvalue weighted by molar-refractivity contribution is 5.73. The Labute approximate surface area is 178 Å². The maximum atomic E-state index is 11.1. The summed E-state index contributed by atoms with van der Waals surface area (Å²) in [5.41, 5.74) is -0.521. The second-order valence-electron chi connectivity index (χ2n) is 9.16. The van der Waals surface area contributed by atoms with Gasteiger partial charge in [0.2, 0.25) is 0 Å². The molecule has 0 saturated carbocycles. The fourth-order valence-corrected chi connectivity index (χ4v) is 3.38. The largest absolute Gasteiger partial charge is 0.508 e. The number of hydrogen-bond acceptors (Lipinski definition) is 6. The standard InChI is InChI=1S/C23H36O7/c1-22(2,21(28)29)12-8-5-6-10-16-14-18(25)17(20(27)19(16)26)11-7-9-13-23(3,4)30-15-24/h14-15,25-27H,5-13H2,1-4H3,(H,28,29). The number of benzene rings is 1. The van der Waals surface area contributed by atoms with Crippen LogP contribution in [0.15, 0.2) is 6.07 Å². The number of carboxylic acid groups (broad SMARTS) is 1. The van der Waals surface area contributed by atoms with E-state index < -0.39 is 17.0 Å². The fourth-order valence-electron chi connectivity index (χ4n) is 3.38. The third kappa shape index (κ3) is 7.76. The van der Waals surface area contributed by atoms with Crippen molar-refractivity contribution in [2.45, 2.75) is 91.1 Å².